The average molecular weight is 207 g/mol. The van der Waals surface area contributed by atoms with Crippen molar-refractivity contribution in [3.8, 4) is 0 Å². The van der Waals surface area contributed by atoms with E-state index in [0.29, 0.717) is 12.3 Å². The van der Waals surface area contributed by atoms with Gasteiger partial charge in [0.1, 0.15) is 0 Å². The Bertz CT molecular complexity index is 209. The molecule has 12 heavy (non-hydrogen) atoms. The van der Waals surface area contributed by atoms with E-state index in [2.05, 4.69) is 0 Å². The number of hydrogen-bond acceptors (Lipinski definition) is 1. The Kier molecular flexibility index (Phi) is 4.10. The van der Waals surface area contributed by atoms with E-state index in [4.69, 9.17) is 23.2 Å². The largest absolute Gasteiger partial charge is 0.295 e. The number of carbonyl (C=O) groups is 1. The van der Waals surface area contributed by atoms with Crippen LogP contribution in [-0.4, -0.2) is 11.7 Å². The summed E-state index contributed by atoms with van der Waals surface area (Å²) in [5, 5.41) is 0.734. The summed E-state index contributed by atoms with van der Waals surface area (Å²) in [6.07, 6.45) is 4.11. The molecular weight excluding hydrogens is 195 g/mol. The van der Waals surface area contributed by atoms with E-state index >= 15 is 0 Å². The third kappa shape index (κ3) is 2.49. The number of Topliss-reactive ketones (excluding diaryl/α,β-unsaturated/α-hetero) is 1. The van der Waals surface area contributed by atoms with Gasteiger partial charge in [-0.25, -0.2) is 0 Å². The van der Waals surface area contributed by atoms with Crippen LogP contribution in [0.3, 0.4) is 0 Å². The van der Waals surface area contributed by atoms with E-state index in [1.165, 1.54) is 0 Å². The second-order valence-corrected chi connectivity index (χ2v) is 3.79. The third-order valence-corrected chi connectivity index (χ3v) is 2.71. The van der Waals surface area contributed by atoms with Crippen LogP contribution >= 0.6 is 23.2 Å². The molecule has 0 aliphatic heterocycles. The van der Waals surface area contributed by atoms with Gasteiger partial charge < -0.3 is 0 Å². The van der Waals surface area contributed by atoms with Gasteiger partial charge in [0.15, 0.2) is 5.78 Å². The monoisotopic (exact) mass is 206 g/mol. The molecule has 1 saturated carbocycles. The molecule has 0 heterocycles. The van der Waals surface area contributed by atoms with E-state index in [-0.39, 0.29) is 5.78 Å². The quantitative estimate of drug-likeness (QED) is 0.512. The minimum absolute atomic E-state index is 0.231. The summed E-state index contributed by atoms with van der Waals surface area (Å²) >= 11 is 11.5. The van der Waals surface area contributed by atoms with Crippen LogP contribution in [0.4, 0.5) is 0 Å². The first-order valence-electron chi connectivity index (χ1n) is 4.22. The fourth-order valence-electron chi connectivity index (χ4n) is 1.38. The van der Waals surface area contributed by atoms with Gasteiger partial charge in [-0.1, -0.05) is 11.6 Å². The first-order valence-corrected chi connectivity index (χ1v) is 5.13. The zero-order chi connectivity index (χ0) is 8.97. The molecule has 1 rings (SSSR count). The standard InChI is InChI=1S/C9H12Cl2O/c10-6-2-4-8(11)7-3-1-5-9(7)12/h1-6H2/b8-7+. The van der Waals surface area contributed by atoms with Crippen LogP contribution in [-0.2, 0) is 4.79 Å². The molecule has 0 spiro atoms. The molecule has 3 heteroatoms. The molecule has 0 aromatic carbocycles. The Morgan fingerprint density at radius 2 is 2.17 bits per heavy atom. The minimum atomic E-state index is 0.231. The Balaban J connectivity index is 2.55. The van der Waals surface area contributed by atoms with Gasteiger partial charge in [-0.2, -0.15) is 0 Å². The molecule has 0 atom stereocenters. The van der Waals surface area contributed by atoms with Crippen LogP contribution in [0, 0.1) is 0 Å². The minimum Gasteiger partial charge on any atom is -0.295 e. The molecule has 0 radical (unpaired) electrons. The number of rotatable bonds is 3. The van der Waals surface area contributed by atoms with Crippen molar-refractivity contribution in [3.05, 3.63) is 10.6 Å². The summed E-state index contributed by atoms with van der Waals surface area (Å²) in [6, 6.07) is 0. The van der Waals surface area contributed by atoms with Crippen molar-refractivity contribution in [1.29, 1.82) is 0 Å². The van der Waals surface area contributed by atoms with Gasteiger partial charge in [0, 0.05) is 22.9 Å². The summed E-state index contributed by atoms with van der Waals surface area (Å²) in [5.74, 6) is 0.840. The summed E-state index contributed by atoms with van der Waals surface area (Å²) in [5.41, 5.74) is 0.849. The lowest BCUT2D eigenvalue weighted by Gasteiger charge is -2.00. The Morgan fingerprint density at radius 3 is 2.67 bits per heavy atom. The van der Waals surface area contributed by atoms with E-state index in [1.807, 2.05) is 0 Å². The molecule has 68 valence electrons. The van der Waals surface area contributed by atoms with E-state index in [9.17, 15) is 4.79 Å². The molecule has 0 saturated heterocycles. The Hall–Kier alpha value is -0.0100. The molecule has 0 aromatic rings. The van der Waals surface area contributed by atoms with Crippen molar-refractivity contribution < 1.29 is 4.79 Å². The van der Waals surface area contributed by atoms with E-state index in [1.54, 1.807) is 0 Å². The van der Waals surface area contributed by atoms with Crippen molar-refractivity contribution in [1.82, 2.24) is 0 Å². The molecule has 1 aliphatic carbocycles. The summed E-state index contributed by atoms with van der Waals surface area (Å²) < 4.78 is 0. The van der Waals surface area contributed by atoms with Gasteiger partial charge in [-0.3, -0.25) is 4.79 Å². The molecule has 0 unspecified atom stereocenters. The first kappa shape index (κ1) is 10.1. The molecule has 0 aromatic heterocycles. The fourth-order valence-corrected chi connectivity index (χ4v) is 1.84. The predicted octanol–water partition coefficient (Wildman–Crippen LogP) is 3.25. The maximum absolute atomic E-state index is 11.2. The molecule has 1 aliphatic rings. The maximum atomic E-state index is 11.2. The van der Waals surface area contributed by atoms with Crippen molar-refractivity contribution in [2.75, 3.05) is 5.88 Å². The highest BCUT2D eigenvalue weighted by Gasteiger charge is 2.19. The molecular formula is C9H12Cl2O. The average Bonchev–Trinajstić information content (AvgIpc) is 2.47. The fraction of sp³-hybridized carbons (Fsp3) is 0.667. The zero-order valence-electron chi connectivity index (χ0n) is 6.91. The van der Waals surface area contributed by atoms with Gasteiger partial charge >= 0.3 is 0 Å². The number of ketones is 1. The van der Waals surface area contributed by atoms with Crippen molar-refractivity contribution in [2.45, 2.75) is 32.1 Å². The second kappa shape index (κ2) is 4.88. The Morgan fingerprint density at radius 1 is 1.42 bits per heavy atom. The lowest BCUT2D eigenvalue weighted by molar-refractivity contribution is -0.114. The van der Waals surface area contributed by atoms with Gasteiger partial charge in [-0.05, 0) is 25.7 Å². The van der Waals surface area contributed by atoms with Crippen molar-refractivity contribution >= 4 is 29.0 Å². The van der Waals surface area contributed by atoms with Gasteiger partial charge in [-0.15, -0.1) is 11.6 Å². The number of halogens is 2. The molecule has 0 amide bonds. The summed E-state index contributed by atoms with van der Waals surface area (Å²) in [7, 11) is 0. The van der Waals surface area contributed by atoms with Gasteiger partial charge in [0.2, 0.25) is 0 Å². The molecule has 1 fully saturated rings. The maximum Gasteiger partial charge on any atom is 0.160 e. The van der Waals surface area contributed by atoms with Crippen LogP contribution in [0.2, 0.25) is 0 Å². The number of carbonyl (C=O) groups excluding carboxylic acids is 1. The Labute approximate surface area is 82.7 Å². The number of hydrogen-bond donors (Lipinski definition) is 0. The highest BCUT2D eigenvalue weighted by Crippen LogP contribution is 2.28. The molecule has 1 nitrogen and oxygen atoms in total. The summed E-state index contributed by atoms with van der Waals surface area (Å²) in [4.78, 5) is 11.2. The summed E-state index contributed by atoms with van der Waals surface area (Å²) in [6.45, 7) is 0. The van der Waals surface area contributed by atoms with Crippen LogP contribution in [0.5, 0.6) is 0 Å². The van der Waals surface area contributed by atoms with Crippen LogP contribution in [0.25, 0.3) is 0 Å². The normalized spacial score (nSPS) is 21.7. The van der Waals surface area contributed by atoms with E-state index in [0.717, 1.165) is 36.3 Å². The predicted molar refractivity (Wildman–Crippen MR) is 51.7 cm³/mol. The third-order valence-electron chi connectivity index (χ3n) is 2.02. The van der Waals surface area contributed by atoms with Crippen LogP contribution in [0.15, 0.2) is 10.6 Å². The van der Waals surface area contributed by atoms with Gasteiger partial charge in [0.05, 0.1) is 0 Å². The van der Waals surface area contributed by atoms with Gasteiger partial charge in [0.25, 0.3) is 0 Å². The van der Waals surface area contributed by atoms with Crippen LogP contribution < -0.4 is 0 Å². The molecule has 0 bridgehead atoms. The van der Waals surface area contributed by atoms with Crippen molar-refractivity contribution in [2.24, 2.45) is 0 Å². The first-order chi connectivity index (χ1) is 5.75. The number of alkyl halides is 1. The van der Waals surface area contributed by atoms with E-state index < -0.39 is 0 Å². The second-order valence-electron chi connectivity index (χ2n) is 2.95. The lowest BCUT2D eigenvalue weighted by atomic mass is 10.1. The zero-order valence-corrected chi connectivity index (χ0v) is 8.42. The smallest absolute Gasteiger partial charge is 0.160 e. The topological polar surface area (TPSA) is 17.1 Å². The highest BCUT2D eigenvalue weighted by molar-refractivity contribution is 6.32. The highest BCUT2D eigenvalue weighted by atomic mass is 35.5. The van der Waals surface area contributed by atoms with Crippen LogP contribution in [0.1, 0.15) is 32.1 Å². The lowest BCUT2D eigenvalue weighted by Crippen LogP contribution is -1.94. The molecule has 0 N–H and O–H groups in total. The van der Waals surface area contributed by atoms with Crippen molar-refractivity contribution in [3.63, 3.8) is 0 Å². The number of allylic oxidation sites excluding steroid dienone is 2. The SMILES string of the molecule is O=C1CCC/C1=C(\Cl)CCCCl.